The van der Waals surface area contributed by atoms with Crippen molar-refractivity contribution in [1.82, 2.24) is 20.1 Å². The van der Waals surface area contributed by atoms with Gasteiger partial charge in [-0.05, 0) is 19.9 Å². The number of aromatic nitrogens is 4. The van der Waals surface area contributed by atoms with Crippen molar-refractivity contribution in [2.45, 2.75) is 46.6 Å². The van der Waals surface area contributed by atoms with E-state index in [1.54, 1.807) is 0 Å². The lowest BCUT2D eigenvalue weighted by atomic mass is 9.96. The van der Waals surface area contributed by atoms with Gasteiger partial charge in [-0.3, -0.25) is 0 Å². The first-order chi connectivity index (χ1) is 8.84. The Bertz CT molecular complexity index is 550. The number of aryl methyl sites for hydroxylation is 2. The zero-order valence-corrected chi connectivity index (χ0v) is 12.0. The van der Waals surface area contributed by atoms with Gasteiger partial charge in [-0.2, -0.15) is 4.98 Å². The van der Waals surface area contributed by atoms with Crippen molar-refractivity contribution in [3.8, 4) is 0 Å². The van der Waals surface area contributed by atoms with E-state index in [0.717, 1.165) is 11.4 Å². The highest BCUT2D eigenvalue weighted by Gasteiger charge is 2.20. The third kappa shape index (κ3) is 3.49. The van der Waals surface area contributed by atoms with Gasteiger partial charge in [0.15, 0.2) is 5.82 Å². The first-order valence-corrected chi connectivity index (χ1v) is 6.24. The Morgan fingerprint density at radius 3 is 2.26 bits per heavy atom. The summed E-state index contributed by atoms with van der Waals surface area (Å²) in [5, 5.41) is 7.06. The summed E-state index contributed by atoms with van der Waals surface area (Å²) in [6.07, 6.45) is 0. The van der Waals surface area contributed by atoms with Crippen molar-refractivity contribution >= 4 is 5.95 Å². The lowest BCUT2D eigenvalue weighted by Crippen LogP contribution is -2.13. The van der Waals surface area contributed by atoms with E-state index < -0.39 is 0 Å². The number of nitrogens with zero attached hydrogens (tertiary/aromatic N) is 4. The monoisotopic (exact) mass is 261 g/mol. The van der Waals surface area contributed by atoms with Gasteiger partial charge >= 0.3 is 0 Å². The van der Waals surface area contributed by atoms with Gasteiger partial charge in [-0.1, -0.05) is 25.9 Å². The molecule has 2 aromatic rings. The van der Waals surface area contributed by atoms with Crippen molar-refractivity contribution in [2.75, 3.05) is 5.32 Å². The molecule has 0 amide bonds. The fraction of sp³-hybridized carbons (Fsp3) is 0.538. The second-order valence-electron chi connectivity index (χ2n) is 5.59. The number of anilines is 1. The van der Waals surface area contributed by atoms with Crippen molar-refractivity contribution < 1.29 is 4.52 Å². The molecular weight excluding hydrogens is 242 g/mol. The highest BCUT2D eigenvalue weighted by Crippen LogP contribution is 2.18. The SMILES string of the molecule is Cc1cc(C)nc(NCc2nc(C(C)(C)C)no2)n1. The van der Waals surface area contributed by atoms with Gasteiger partial charge in [-0.25, -0.2) is 9.97 Å². The van der Waals surface area contributed by atoms with E-state index in [1.165, 1.54) is 0 Å². The van der Waals surface area contributed by atoms with Crippen LogP contribution in [-0.2, 0) is 12.0 Å². The van der Waals surface area contributed by atoms with E-state index in [2.05, 4.69) is 25.4 Å². The Morgan fingerprint density at radius 1 is 1.11 bits per heavy atom. The van der Waals surface area contributed by atoms with Crippen LogP contribution in [0.3, 0.4) is 0 Å². The molecule has 102 valence electrons. The maximum Gasteiger partial charge on any atom is 0.246 e. The molecule has 0 aliphatic heterocycles. The van der Waals surface area contributed by atoms with Crippen molar-refractivity contribution in [3.63, 3.8) is 0 Å². The fourth-order valence-corrected chi connectivity index (χ4v) is 1.59. The molecule has 0 aliphatic carbocycles. The third-order valence-electron chi connectivity index (χ3n) is 2.52. The number of rotatable bonds is 3. The molecule has 0 aliphatic rings. The predicted octanol–water partition coefficient (Wildman–Crippen LogP) is 2.39. The molecular formula is C13H19N5O. The zero-order chi connectivity index (χ0) is 14.0. The molecule has 0 bridgehead atoms. The van der Waals surface area contributed by atoms with E-state index in [1.807, 2.05) is 40.7 Å². The highest BCUT2D eigenvalue weighted by atomic mass is 16.5. The van der Waals surface area contributed by atoms with Crippen molar-refractivity contribution in [1.29, 1.82) is 0 Å². The Labute approximate surface area is 112 Å². The summed E-state index contributed by atoms with van der Waals surface area (Å²) in [6.45, 7) is 10.4. The van der Waals surface area contributed by atoms with Crippen LogP contribution >= 0.6 is 0 Å². The van der Waals surface area contributed by atoms with Crippen LogP contribution in [0.5, 0.6) is 0 Å². The Hall–Kier alpha value is -1.98. The highest BCUT2D eigenvalue weighted by molar-refractivity contribution is 5.27. The lowest BCUT2D eigenvalue weighted by molar-refractivity contribution is 0.366. The maximum atomic E-state index is 5.19. The van der Waals surface area contributed by atoms with Crippen LogP contribution in [0, 0.1) is 13.8 Å². The topological polar surface area (TPSA) is 76.7 Å². The van der Waals surface area contributed by atoms with E-state index in [9.17, 15) is 0 Å². The molecule has 2 heterocycles. The van der Waals surface area contributed by atoms with Crippen LogP contribution in [-0.4, -0.2) is 20.1 Å². The molecule has 2 aromatic heterocycles. The van der Waals surface area contributed by atoms with Gasteiger partial charge in [0, 0.05) is 16.8 Å². The normalized spacial score (nSPS) is 11.6. The molecule has 0 saturated heterocycles. The summed E-state index contributed by atoms with van der Waals surface area (Å²) in [4.78, 5) is 12.9. The summed E-state index contributed by atoms with van der Waals surface area (Å²) in [5.41, 5.74) is 1.74. The molecule has 1 N–H and O–H groups in total. The Morgan fingerprint density at radius 2 is 1.74 bits per heavy atom. The van der Waals surface area contributed by atoms with Crippen molar-refractivity contribution in [3.05, 3.63) is 29.2 Å². The molecule has 0 aromatic carbocycles. The number of hydrogen-bond donors (Lipinski definition) is 1. The van der Waals surface area contributed by atoms with Gasteiger partial charge in [0.2, 0.25) is 11.8 Å². The average molecular weight is 261 g/mol. The molecule has 0 saturated carbocycles. The molecule has 0 spiro atoms. The van der Waals surface area contributed by atoms with Crippen LogP contribution < -0.4 is 5.32 Å². The van der Waals surface area contributed by atoms with E-state index >= 15 is 0 Å². The number of nitrogens with one attached hydrogen (secondary N) is 1. The standard InChI is InChI=1S/C13H19N5O/c1-8-6-9(2)16-12(15-8)14-7-10-17-11(18-19-10)13(3,4)5/h6H,7H2,1-5H3,(H,14,15,16). The van der Waals surface area contributed by atoms with Gasteiger partial charge < -0.3 is 9.84 Å². The minimum Gasteiger partial charge on any atom is -0.345 e. The van der Waals surface area contributed by atoms with Crippen LogP contribution in [0.15, 0.2) is 10.6 Å². The molecule has 0 unspecified atom stereocenters. The van der Waals surface area contributed by atoms with Crippen LogP contribution in [0.25, 0.3) is 0 Å². The van der Waals surface area contributed by atoms with Gasteiger partial charge in [0.25, 0.3) is 0 Å². The average Bonchev–Trinajstić information content (AvgIpc) is 2.73. The van der Waals surface area contributed by atoms with E-state index in [-0.39, 0.29) is 5.41 Å². The summed E-state index contributed by atoms with van der Waals surface area (Å²) in [7, 11) is 0. The van der Waals surface area contributed by atoms with Crippen molar-refractivity contribution in [2.24, 2.45) is 0 Å². The molecule has 0 atom stereocenters. The summed E-state index contributed by atoms with van der Waals surface area (Å²) >= 11 is 0. The number of hydrogen-bond acceptors (Lipinski definition) is 6. The summed E-state index contributed by atoms with van der Waals surface area (Å²) in [6, 6.07) is 1.93. The Balaban J connectivity index is 2.04. The van der Waals surface area contributed by atoms with E-state index in [4.69, 9.17) is 4.52 Å². The first-order valence-electron chi connectivity index (χ1n) is 6.24. The maximum absolute atomic E-state index is 5.19. The molecule has 0 fully saturated rings. The van der Waals surface area contributed by atoms with Crippen LogP contribution in [0.2, 0.25) is 0 Å². The Kier molecular flexibility index (Phi) is 3.50. The van der Waals surface area contributed by atoms with Crippen LogP contribution in [0.4, 0.5) is 5.95 Å². The molecule has 6 nitrogen and oxygen atoms in total. The first kappa shape index (κ1) is 13.5. The second-order valence-corrected chi connectivity index (χ2v) is 5.59. The van der Waals surface area contributed by atoms with Gasteiger partial charge in [0.05, 0.1) is 6.54 Å². The molecule has 2 rings (SSSR count). The second kappa shape index (κ2) is 4.95. The van der Waals surface area contributed by atoms with E-state index in [0.29, 0.717) is 24.2 Å². The quantitative estimate of drug-likeness (QED) is 0.914. The molecule has 0 radical (unpaired) electrons. The smallest absolute Gasteiger partial charge is 0.246 e. The zero-order valence-electron chi connectivity index (χ0n) is 12.0. The molecule has 19 heavy (non-hydrogen) atoms. The third-order valence-corrected chi connectivity index (χ3v) is 2.52. The lowest BCUT2D eigenvalue weighted by Gasteiger charge is -2.10. The minimum atomic E-state index is -0.113. The van der Waals surface area contributed by atoms with Gasteiger partial charge in [-0.15, -0.1) is 0 Å². The summed E-state index contributed by atoms with van der Waals surface area (Å²) in [5.74, 6) is 1.81. The predicted molar refractivity (Wildman–Crippen MR) is 71.8 cm³/mol. The largest absolute Gasteiger partial charge is 0.345 e. The fourth-order valence-electron chi connectivity index (χ4n) is 1.59. The van der Waals surface area contributed by atoms with Crippen LogP contribution in [0.1, 0.15) is 43.9 Å². The summed E-state index contributed by atoms with van der Waals surface area (Å²) < 4.78 is 5.19. The van der Waals surface area contributed by atoms with Gasteiger partial charge in [0.1, 0.15) is 0 Å². The minimum absolute atomic E-state index is 0.113. The molecule has 6 heteroatoms.